The Kier molecular flexibility index (Phi) is 6.36. The summed E-state index contributed by atoms with van der Waals surface area (Å²) >= 11 is 0. The molecule has 0 radical (unpaired) electrons. The van der Waals surface area contributed by atoms with Crippen LogP contribution in [0.1, 0.15) is 32.2 Å². The maximum atomic E-state index is 12.8. The van der Waals surface area contributed by atoms with Crippen LogP contribution in [0.5, 0.6) is 0 Å². The lowest BCUT2D eigenvalue weighted by Crippen LogP contribution is -2.41. The Hall–Kier alpha value is -2.42. The van der Waals surface area contributed by atoms with Crippen molar-refractivity contribution >= 4 is 5.97 Å². The number of hydrogen-bond acceptors (Lipinski definition) is 6. The molecule has 0 amide bonds. The smallest absolute Gasteiger partial charge is 0.416 e. The van der Waals surface area contributed by atoms with Crippen LogP contribution in [0.2, 0.25) is 0 Å². The standard InChI is InChI=1S/C17H20F3N3O3/c1-4-25-16(24)14(10(2)3)21-9-13-22-15(23-26-13)11-6-5-7-12(8-11)17(18,19)20/h5-8,10,14,21H,4,9H2,1-3H3/t14-/m0/s1. The number of nitrogens with one attached hydrogen (secondary N) is 1. The first-order chi connectivity index (χ1) is 12.2. The molecule has 1 aromatic carbocycles. The maximum Gasteiger partial charge on any atom is 0.416 e. The van der Waals surface area contributed by atoms with E-state index in [1.165, 1.54) is 12.1 Å². The monoisotopic (exact) mass is 371 g/mol. The van der Waals surface area contributed by atoms with Gasteiger partial charge in [0.2, 0.25) is 11.7 Å². The van der Waals surface area contributed by atoms with Crippen LogP contribution in [0, 0.1) is 5.92 Å². The molecule has 0 aliphatic carbocycles. The summed E-state index contributed by atoms with van der Waals surface area (Å²) in [5.74, 6) is -0.211. The predicted molar refractivity (Wildman–Crippen MR) is 86.8 cm³/mol. The Labute approximate surface area is 148 Å². The molecule has 6 nitrogen and oxygen atoms in total. The fraction of sp³-hybridized carbons (Fsp3) is 0.471. The molecule has 0 saturated heterocycles. The summed E-state index contributed by atoms with van der Waals surface area (Å²) in [6, 6.07) is 4.12. The Morgan fingerprint density at radius 2 is 2.08 bits per heavy atom. The van der Waals surface area contributed by atoms with Crippen molar-refractivity contribution in [2.75, 3.05) is 6.61 Å². The van der Waals surface area contributed by atoms with Gasteiger partial charge in [-0.15, -0.1) is 0 Å². The molecular formula is C17H20F3N3O3. The number of benzene rings is 1. The van der Waals surface area contributed by atoms with Crippen molar-refractivity contribution < 1.29 is 27.2 Å². The highest BCUT2D eigenvalue weighted by Crippen LogP contribution is 2.31. The third-order valence-corrected chi connectivity index (χ3v) is 3.60. The summed E-state index contributed by atoms with van der Waals surface area (Å²) in [5, 5.41) is 6.67. The molecule has 1 N–H and O–H groups in total. The quantitative estimate of drug-likeness (QED) is 0.752. The molecule has 0 fully saturated rings. The van der Waals surface area contributed by atoms with Gasteiger partial charge in [-0.3, -0.25) is 10.1 Å². The van der Waals surface area contributed by atoms with Crippen LogP contribution in [0.15, 0.2) is 28.8 Å². The molecular weight excluding hydrogens is 351 g/mol. The minimum Gasteiger partial charge on any atom is -0.465 e. The summed E-state index contributed by atoms with van der Waals surface area (Å²) < 4.78 is 48.4. The number of alkyl halides is 3. The third kappa shape index (κ3) is 5.04. The van der Waals surface area contributed by atoms with E-state index >= 15 is 0 Å². The highest BCUT2D eigenvalue weighted by Gasteiger charge is 2.31. The SMILES string of the molecule is CCOC(=O)[C@@H](NCc1nc(-c2cccc(C(F)(F)F)c2)no1)C(C)C. The average molecular weight is 371 g/mol. The lowest BCUT2D eigenvalue weighted by molar-refractivity contribution is -0.147. The highest BCUT2D eigenvalue weighted by atomic mass is 19.4. The molecule has 26 heavy (non-hydrogen) atoms. The van der Waals surface area contributed by atoms with Gasteiger partial charge >= 0.3 is 12.1 Å². The minimum atomic E-state index is -4.45. The van der Waals surface area contributed by atoms with Gasteiger partial charge in [-0.05, 0) is 25.0 Å². The van der Waals surface area contributed by atoms with E-state index in [1.807, 2.05) is 13.8 Å². The summed E-state index contributed by atoms with van der Waals surface area (Å²) in [4.78, 5) is 16.0. The highest BCUT2D eigenvalue weighted by molar-refractivity contribution is 5.76. The van der Waals surface area contributed by atoms with E-state index in [4.69, 9.17) is 9.26 Å². The molecule has 1 atom stereocenters. The zero-order valence-corrected chi connectivity index (χ0v) is 14.6. The maximum absolute atomic E-state index is 12.8. The largest absolute Gasteiger partial charge is 0.465 e. The average Bonchev–Trinajstić information content (AvgIpc) is 3.03. The van der Waals surface area contributed by atoms with Crippen LogP contribution in [0.3, 0.4) is 0 Å². The van der Waals surface area contributed by atoms with Crippen molar-refractivity contribution in [3.05, 3.63) is 35.7 Å². The van der Waals surface area contributed by atoms with Crippen molar-refractivity contribution in [2.24, 2.45) is 5.92 Å². The topological polar surface area (TPSA) is 77.2 Å². The molecule has 0 aliphatic rings. The van der Waals surface area contributed by atoms with Gasteiger partial charge in [0.05, 0.1) is 18.7 Å². The van der Waals surface area contributed by atoms with Gasteiger partial charge in [0.15, 0.2) is 0 Å². The molecule has 0 bridgehead atoms. The molecule has 1 aromatic heterocycles. The minimum absolute atomic E-state index is 0.0279. The summed E-state index contributed by atoms with van der Waals surface area (Å²) in [5.41, 5.74) is -0.595. The molecule has 0 aliphatic heterocycles. The van der Waals surface area contributed by atoms with Gasteiger partial charge in [0.1, 0.15) is 6.04 Å². The molecule has 0 spiro atoms. The predicted octanol–water partition coefficient (Wildman–Crippen LogP) is 3.43. The van der Waals surface area contributed by atoms with Gasteiger partial charge in [-0.2, -0.15) is 18.2 Å². The first-order valence-electron chi connectivity index (χ1n) is 8.12. The summed E-state index contributed by atoms with van der Waals surface area (Å²) in [7, 11) is 0. The number of carbonyl (C=O) groups is 1. The Bertz CT molecular complexity index is 744. The Morgan fingerprint density at radius 1 is 1.35 bits per heavy atom. The molecule has 142 valence electrons. The summed E-state index contributed by atoms with van der Waals surface area (Å²) in [6.45, 7) is 5.79. The van der Waals surface area contributed by atoms with Gasteiger partial charge in [-0.1, -0.05) is 31.1 Å². The number of hydrogen-bond donors (Lipinski definition) is 1. The fourth-order valence-electron chi connectivity index (χ4n) is 2.30. The van der Waals surface area contributed by atoms with Crippen LogP contribution >= 0.6 is 0 Å². The number of carbonyl (C=O) groups excluding carboxylic acids is 1. The van der Waals surface area contributed by atoms with Crippen LogP contribution in [0.25, 0.3) is 11.4 Å². The van der Waals surface area contributed by atoms with Gasteiger partial charge in [-0.25, -0.2) is 0 Å². The van der Waals surface area contributed by atoms with E-state index in [1.54, 1.807) is 6.92 Å². The third-order valence-electron chi connectivity index (χ3n) is 3.60. The lowest BCUT2D eigenvalue weighted by Gasteiger charge is -2.19. The van der Waals surface area contributed by atoms with Crippen molar-refractivity contribution in [2.45, 2.75) is 39.5 Å². The second-order valence-corrected chi connectivity index (χ2v) is 5.94. The molecule has 1 heterocycles. The first kappa shape index (κ1) is 19.9. The molecule has 2 aromatic rings. The molecule has 0 unspecified atom stereocenters. The van der Waals surface area contributed by atoms with Crippen LogP contribution in [-0.2, 0) is 22.3 Å². The second kappa shape index (κ2) is 8.31. The van der Waals surface area contributed by atoms with E-state index < -0.39 is 17.8 Å². The molecule has 9 heteroatoms. The van der Waals surface area contributed by atoms with E-state index in [-0.39, 0.29) is 42.3 Å². The van der Waals surface area contributed by atoms with Gasteiger partial charge in [0, 0.05) is 5.56 Å². The van der Waals surface area contributed by atoms with Gasteiger partial charge in [0.25, 0.3) is 0 Å². The van der Waals surface area contributed by atoms with Crippen molar-refractivity contribution in [3.8, 4) is 11.4 Å². The number of aromatic nitrogens is 2. The Balaban J connectivity index is 2.09. The van der Waals surface area contributed by atoms with Crippen LogP contribution in [-0.4, -0.2) is 28.8 Å². The van der Waals surface area contributed by atoms with Gasteiger partial charge < -0.3 is 9.26 Å². The fourth-order valence-corrected chi connectivity index (χ4v) is 2.30. The number of rotatable bonds is 7. The number of nitrogens with zero attached hydrogens (tertiary/aromatic N) is 2. The number of halogens is 3. The van der Waals surface area contributed by atoms with E-state index in [0.717, 1.165) is 12.1 Å². The van der Waals surface area contributed by atoms with E-state index in [2.05, 4.69) is 15.5 Å². The zero-order chi connectivity index (χ0) is 19.3. The molecule has 0 saturated carbocycles. The Morgan fingerprint density at radius 3 is 2.69 bits per heavy atom. The first-order valence-corrected chi connectivity index (χ1v) is 8.12. The zero-order valence-electron chi connectivity index (χ0n) is 14.6. The normalized spacial score (nSPS) is 13.0. The van der Waals surface area contributed by atoms with E-state index in [9.17, 15) is 18.0 Å². The second-order valence-electron chi connectivity index (χ2n) is 5.94. The van der Waals surface area contributed by atoms with Crippen molar-refractivity contribution in [3.63, 3.8) is 0 Å². The molecule has 2 rings (SSSR count). The van der Waals surface area contributed by atoms with Crippen LogP contribution < -0.4 is 5.32 Å². The summed E-state index contributed by atoms with van der Waals surface area (Å²) in [6.07, 6.45) is -4.45. The lowest BCUT2D eigenvalue weighted by atomic mass is 10.0. The number of ether oxygens (including phenoxy) is 1. The van der Waals surface area contributed by atoms with E-state index in [0.29, 0.717) is 0 Å². The van der Waals surface area contributed by atoms with Crippen LogP contribution in [0.4, 0.5) is 13.2 Å². The number of esters is 1. The van der Waals surface area contributed by atoms with Crippen molar-refractivity contribution in [1.82, 2.24) is 15.5 Å². The van der Waals surface area contributed by atoms with Crippen molar-refractivity contribution in [1.29, 1.82) is 0 Å².